The number of carbonyl (C=O) groups is 2. The van der Waals surface area contributed by atoms with Crippen molar-refractivity contribution in [3.05, 3.63) is 105 Å². The Hall–Kier alpha value is -2.53. The van der Waals surface area contributed by atoms with Gasteiger partial charge in [0.15, 0.2) is 0 Å². The van der Waals surface area contributed by atoms with Crippen molar-refractivity contribution in [3.8, 4) is 0 Å². The number of hydrogen-bond acceptors (Lipinski definition) is 2. The van der Waals surface area contributed by atoms with Gasteiger partial charge in [-0.25, -0.2) is 0 Å². The number of benzene rings is 3. The first kappa shape index (κ1) is 27.1. The molecule has 0 aromatic heterocycles. The van der Waals surface area contributed by atoms with Crippen molar-refractivity contribution < 1.29 is 9.59 Å². The van der Waals surface area contributed by atoms with E-state index in [4.69, 9.17) is 34.8 Å². The first-order chi connectivity index (χ1) is 16.5. The lowest BCUT2D eigenvalue weighted by atomic mass is 9.99. The highest BCUT2D eigenvalue weighted by Gasteiger charge is 2.33. The van der Waals surface area contributed by atoms with Crippen molar-refractivity contribution in [3.63, 3.8) is 0 Å². The quantitative estimate of drug-likeness (QED) is 0.350. The summed E-state index contributed by atoms with van der Waals surface area (Å²) >= 11 is 19.3. The smallest absolute Gasteiger partial charge is 0.243 e. The Balaban J connectivity index is 2.05. The zero-order valence-corrected chi connectivity index (χ0v) is 22.3. The van der Waals surface area contributed by atoms with Gasteiger partial charge in [0.05, 0.1) is 6.42 Å². The molecule has 0 aliphatic carbocycles. The van der Waals surface area contributed by atoms with Crippen LogP contribution in [0, 0.1) is 0 Å². The van der Waals surface area contributed by atoms with E-state index in [1.165, 1.54) is 0 Å². The first-order valence-electron chi connectivity index (χ1n) is 11.4. The van der Waals surface area contributed by atoms with E-state index in [0.29, 0.717) is 32.6 Å². The maximum atomic E-state index is 13.8. The van der Waals surface area contributed by atoms with Gasteiger partial charge in [-0.3, -0.25) is 9.59 Å². The van der Waals surface area contributed by atoms with E-state index in [9.17, 15) is 9.59 Å². The van der Waals surface area contributed by atoms with E-state index in [-0.39, 0.29) is 24.8 Å². The predicted octanol–water partition coefficient (Wildman–Crippen LogP) is 6.74. The Morgan fingerprint density at radius 3 is 2.00 bits per heavy atom. The summed E-state index contributed by atoms with van der Waals surface area (Å²) in [4.78, 5) is 28.9. The van der Waals surface area contributed by atoms with Crippen LogP contribution in [0.2, 0.25) is 15.1 Å². The zero-order valence-electron chi connectivity index (χ0n) is 20.0. The highest BCUT2D eigenvalue weighted by atomic mass is 35.5. The Morgan fingerprint density at radius 1 is 0.829 bits per heavy atom. The van der Waals surface area contributed by atoms with Crippen LogP contribution in [0.3, 0.4) is 0 Å². The lowest BCUT2D eigenvalue weighted by Gasteiger charge is -2.34. The molecular formula is C28H29Cl3N2O2. The number of rotatable bonds is 8. The van der Waals surface area contributed by atoms with Gasteiger partial charge in [-0.05, 0) is 50.1 Å². The summed E-state index contributed by atoms with van der Waals surface area (Å²) in [6.07, 6.45) is 0.370. The second kappa shape index (κ2) is 11.9. The Labute approximate surface area is 222 Å². The van der Waals surface area contributed by atoms with Gasteiger partial charge in [0, 0.05) is 39.1 Å². The molecule has 0 saturated carbocycles. The van der Waals surface area contributed by atoms with Gasteiger partial charge in [-0.1, -0.05) is 89.4 Å². The number of halogens is 3. The van der Waals surface area contributed by atoms with Crippen LogP contribution in [0.5, 0.6) is 0 Å². The van der Waals surface area contributed by atoms with Crippen molar-refractivity contribution in [1.82, 2.24) is 10.2 Å². The van der Waals surface area contributed by atoms with Gasteiger partial charge in [-0.2, -0.15) is 0 Å². The van der Waals surface area contributed by atoms with Crippen molar-refractivity contribution in [1.29, 1.82) is 0 Å². The van der Waals surface area contributed by atoms with Crippen LogP contribution in [0.1, 0.15) is 37.5 Å². The molecule has 0 heterocycles. The van der Waals surface area contributed by atoms with Crippen LogP contribution >= 0.6 is 34.8 Å². The van der Waals surface area contributed by atoms with Crippen molar-refractivity contribution in [2.45, 2.75) is 51.7 Å². The molecule has 0 unspecified atom stereocenters. The van der Waals surface area contributed by atoms with Crippen LogP contribution in [-0.4, -0.2) is 28.3 Å². The molecule has 3 rings (SSSR count). The number of nitrogens with zero attached hydrogens (tertiary/aromatic N) is 1. The van der Waals surface area contributed by atoms with E-state index in [2.05, 4.69) is 5.32 Å². The summed E-state index contributed by atoms with van der Waals surface area (Å²) < 4.78 is 0. The molecule has 3 aromatic rings. The predicted molar refractivity (Wildman–Crippen MR) is 144 cm³/mol. The molecule has 3 aromatic carbocycles. The van der Waals surface area contributed by atoms with E-state index in [1.54, 1.807) is 29.2 Å². The Morgan fingerprint density at radius 2 is 1.40 bits per heavy atom. The van der Waals surface area contributed by atoms with Crippen LogP contribution in [-0.2, 0) is 29.0 Å². The molecule has 0 radical (unpaired) electrons. The minimum atomic E-state index is -0.793. The summed E-state index contributed by atoms with van der Waals surface area (Å²) in [5, 5.41) is 4.40. The highest BCUT2D eigenvalue weighted by molar-refractivity contribution is 6.36. The van der Waals surface area contributed by atoms with E-state index < -0.39 is 11.6 Å². The number of amides is 2. The summed E-state index contributed by atoms with van der Waals surface area (Å²) in [6.45, 7) is 5.80. The summed E-state index contributed by atoms with van der Waals surface area (Å²) in [6, 6.07) is 21.2. The SMILES string of the molecule is CC(C)(C)NC(=O)[C@@H](Cc1ccccc1)N(Cc1c(Cl)cccc1Cl)C(=O)Cc1ccccc1Cl. The van der Waals surface area contributed by atoms with Gasteiger partial charge < -0.3 is 10.2 Å². The molecule has 0 bridgehead atoms. The Bertz CT molecular complexity index is 1160. The largest absolute Gasteiger partial charge is 0.350 e. The summed E-state index contributed by atoms with van der Waals surface area (Å²) in [5.74, 6) is -0.504. The molecule has 0 saturated heterocycles. The second-order valence-corrected chi connectivity index (χ2v) is 10.7. The van der Waals surface area contributed by atoms with Crippen molar-refractivity contribution in [2.75, 3.05) is 0 Å². The normalized spacial score (nSPS) is 12.2. The van der Waals surface area contributed by atoms with Gasteiger partial charge in [0.2, 0.25) is 11.8 Å². The van der Waals surface area contributed by atoms with Crippen molar-refractivity contribution in [2.24, 2.45) is 0 Å². The molecule has 1 N–H and O–H groups in total. The minimum Gasteiger partial charge on any atom is -0.350 e. The van der Waals surface area contributed by atoms with E-state index in [1.807, 2.05) is 69.3 Å². The van der Waals surface area contributed by atoms with Gasteiger partial charge in [-0.15, -0.1) is 0 Å². The maximum Gasteiger partial charge on any atom is 0.243 e. The molecule has 0 fully saturated rings. The third-order valence-electron chi connectivity index (χ3n) is 5.46. The lowest BCUT2D eigenvalue weighted by Crippen LogP contribution is -2.54. The van der Waals surface area contributed by atoms with E-state index in [0.717, 1.165) is 5.56 Å². The minimum absolute atomic E-state index is 0.0375. The molecule has 35 heavy (non-hydrogen) atoms. The van der Waals surface area contributed by atoms with Crippen LogP contribution in [0.25, 0.3) is 0 Å². The maximum absolute atomic E-state index is 13.8. The van der Waals surface area contributed by atoms with E-state index >= 15 is 0 Å². The topological polar surface area (TPSA) is 49.4 Å². The number of hydrogen-bond donors (Lipinski definition) is 1. The second-order valence-electron chi connectivity index (χ2n) is 9.43. The molecule has 1 atom stereocenters. The fourth-order valence-electron chi connectivity index (χ4n) is 3.77. The third-order valence-corrected chi connectivity index (χ3v) is 6.54. The summed E-state index contributed by atoms with van der Waals surface area (Å²) in [7, 11) is 0. The van der Waals surface area contributed by atoms with Gasteiger partial charge >= 0.3 is 0 Å². The number of carbonyl (C=O) groups excluding carboxylic acids is 2. The lowest BCUT2D eigenvalue weighted by molar-refractivity contribution is -0.141. The molecule has 7 heteroatoms. The van der Waals surface area contributed by atoms with Crippen LogP contribution in [0.15, 0.2) is 72.8 Å². The van der Waals surface area contributed by atoms with Crippen LogP contribution in [0.4, 0.5) is 0 Å². The fraction of sp³-hybridized carbons (Fsp3) is 0.286. The van der Waals surface area contributed by atoms with Gasteiger partial charge in [0.25, 0.3) is 0 Å². The monoisotopic (exact) mass is 530 g/mol. The van der Waals surface area contributed by atoms with Crippen molar-refractivity contribution >= 4 is 46.6 Å². The average Bonchev–Trinajstić information content (AvgIpc) is 2.79. The zero-order chi connectivity index (χ0) is 25.6. The van der Waals surface area contributed by atoms with Crippen LogP contribution < -0.4 is 5.32 Å². The van der Waals surface area contributed by atoms with Gasteiger partial charge in [0.1, 0.15) is 6.04 Å². The standard InChI is InChI=1S/C28H29Cl3N2O2/c1-28(2,3)32-27(35)25(16-19-10-5-4-6-11-19)33(18-21-23(30)14-9-15-24(21)31)26(34)17-20-12-7-8-13-22(20)29/h4-15,25H,16-18H2,1-3H3,(H,32,35)/t25-/m1/s1. The fourth-order valence-corrected chi connectivity index (χ4v) is 4.49. The third kappa shape index (κ3) is 7.73. The summed E-state index contributed by atoms with van der Waals surface area (Å²) in [5.41, 5.74) is 1.72. The molecule has 0 aliphatic rings. The highest BCUT2D eigenvalue weighted by Crippen LogP contribution is 2.28. The molecule has 2 amide bonds. The molecule has 184 valence electrons. The molecule has 4 nitrogen and oxygen atoms in total. The Kier molecular flexibility index (Phi) is 9.23. The molecular weight excluding hydrogens is 503 g/mol. The molecule has 0 aliphatic heterocycles. The molecule has 0 spiro atoms. The average molecular weight is 532 g/mol. The first-order valence-corrected chi connectivity index (χ1v) is 12.5. The number of nitrogens with one attached hydrogen (secondary N) is 1.